The summed E-state index contributed by atoms with van der Waals surface area (Å²) in [7, 11) is 0. The Morgan fingerprint density at radius 3 is 2.30 bits per heavy atom. The molecule has 3 heterocycles. The molecule has 2 aromatic rings. The Morgan fingerprint density at radius 1 is 0.970 bits per heavy atom. The lowest BCUT2D eigenvalue weighted by molar-refractivity contribution is -0.156. The van der Waals surface area contributed by atoms with Gasteiger partial charge in [0.1, 0.15) is 11.6 Å². The van der Waals surface area contributed by atoms with Crippen molar-refractivity contribution < 1.29 is 35.6 Å². The number of nitrogen functional groups attached to an aromatic ring is 1. The molecule has 2 aromatic heterocycles. The number of fused-ring (bicyclic) bond motifs is 5. The van der Waals surface area contributed by atoms with E-state index in [1.165, 1.54) is 4.90 Å². The molecule has 180 valence electrons. The van der Waals surface area contributed by atoms with Gasteiger partial charge in [-0.1, -0.05) is 12.8 Å². The van der Waals surface area contributed by atoms with E-state index in [0.29, 0.717) is 31.7 Å². The van der Waals surface area contributed by atoms with Gasteiger partial charge < -0.3 is 15.1 Å². The first-order valence-electron chi connectivity index (χ1n) is 10.6. The molecule has 1 unspecified atom stereocenters. The Hall–Kier alpha value is -2.86. The number of nitrogens with zero attached hydrogens (tertiary/aromatic N) is 4. The fraction of sp³-hybridized carbons (Fsp3) is 0.600. The molecule has 0 aromatic carbocycles. The average molecular weight is 477 g/mol. The molecule has 0 spiro atoms. The predicted octanol–water partition coefficient (Wildman–Crippen LogP) is 4.95. The van der Waals surface area contributed by atoms with Gasteiger partial charge in [-0.05, 0) is 38.2 Å². The number of amides is 1. The van der Waals surface area contributed by atoms with E-state index in [0.717, 1.165) is 6.42 Å². The van der Waals surface area contributed by atoms with E-state index in [1.54, 1.807) is 0 Å². The Kier molecular flexibility index (Phi) is 5.99. The number of nitrogens with two attached hydrogens (primary N) is 1. The molecule has 1 saturated carbocycles. The number of hydrogen-bond donors (Lipinski definition) is 1. The molecule has 2 aliphatic rings. The quantitative estimate of drug-likeness (QED) is 0.584. The molecule has 1 aliphatic heterocycles. The monoisotopic (exact) mass is 477 g/mol. The van der Waals surface area contributed by atoms with Crippen molar-refractivity contribution in [3.05, 3.63) is 23.2 Å². The topological polar surface area (TPSA) is 98.1 Å². The molecule has 13 heteroatoms. The van der Waals surface area contributed by atoms with Crippen molar-refractivity contribution in [3.63, 3.8) is 0 Å². The standard InChI is InChI=1S/C20H21F6N5O2/c21-19(22,23)11-7-2-1-3-8-31(10-5-4-6-10)18(32)14-12(20(24,25)26)9-13(27)15(28-14)17-30-29-16(11)33-17/h9-11H,1-8,27H2. The van der Waals surface area contributed by atoms with Crippen molar-refractivity contribution >= 4 is 11.6 Å². The lowest BCUT2D eigenvalue weighted by Crippen LogP contribution is -2.45. The molecule has 4 rings (SSSR count). The molecule has 1 aliphatic carbocycles. The summed E-state index contributed by atoms with van der Waals surface area (Å²) in [6, 6.07) is 0.290. The number of carbonyl (C=O) groups is 1. The van der Waals surface area contributed by atoms with Crippen molar-refractivity contribution in [1.29, 1.82) is 0 Å². The van der Waals surface area contributed by atoms with Crippen LogP contribution in [0.3, 0.4) is 0 Å². The summed E-state index contributed by atoms with van der Waals surface area (Å²) in [6.07, 6.45) is -6.93. The van der Waals surface area contributed by atoms with Gasteiger partial charge in [0.2, 0.25) is 5.89 Å². The molecule has 1 fully saturated rings. The van der Waals surface area contributed by atoms with Crippen molar-refractivity contribution in [3.8, 4) is 11.6 Å². The van der Waals surface area contributed by atoms with Crippen LogP contribution in [-0.4, -0.2) is 44.8 Å². The number of carbonyl (C=O) groups excluding carboxylic acids is 1. The van der Waals surface area contributed by atoms with E-state index >= 15 is 0 Å². The minimum atomic E-state index is -4.93. The average Bonchev–Trinajstić information content (AvgIpc) is 3.14. The zero-order chi connectivity index (χ0) is 24.0. The van der Waals surface area contributed by atoms with E-state index in [2.05, 4.69) is 15.2 Å². The number of anilines is 1. The molecular formula is C20H21F6N5O2. The summed E-state index contributed by atoms with van der Waals surface area (Å²) >= 11 is 0. The molecule has 1 amide bonds. The minimum Gasteiger partial charge on any atom is -0.419 e. The largest absolute Gasteiger partial charge is 0.419 e. The van der Waals surface area contributed by atoms with Crippen LogP contribution in [0.1, 0.15) is 72.8 Å². The first-order valence-corrected chi connectivity index (χ1v) is 10.6. The summed E-state index contributed by atoms with van der Waals surface area (Å²) in [4.78, 5) is 18.4. The van der Waals surface area contributed by atoms with Crippen molar-refractivity contribution in [2.75, 3.05) is 12.3 Å². The number of rotatable bonds is 1. The van der Waals surface area contributed by atoms with Crippen LogP contribution in [0, 0.1) is 0 Å². The maximum absolute atomic E-state index is 13.7. The van der Waals surface area contributed by atoms with Crippen LogP contribution < -0.4 is 5.73 Å². The molecular weight excluding hydrogens is 456 g/mol. The van der Waals surface area contributed by atoms with Gasteiger partial charge in [0.25, 0.3) is 11.8 Å². The SMILES string of the molecule is Nc1cc(C(F)(F)F)c2nc1-c1nnc(o1)C(C(F)(F)F)CCCCCN(C1CCC1)C2=O. The third-order valence-electron chi connectivity index (χ3n) is 6.06. The van der Waals surface area contributed by atoms with Gasteiger partial charge in [-0.3, -0.25) is 4.79 Å². The van der Waals surface area contributed by atoms with Crippen molar-refractivity contribution in [1.82, 2.24) is 20.1 Å². The fourth-order valence-corrected chi connectivity index (χ4v) is 4.07. The van der Waals surface area contributed by atoms with Crippen LogP contribution in [0.2, 0.25) is 0 Å². The Bertz CT molecular complexity index is 1030. The number of hydrogen-bond acceptors (Lipinski definition) is 6. The first kappa shape index (κ1) is 23.3. The summed E-state index contributed by atoms with van der Waals surface area (Å²) in [5.74, 6) is -4.23. The lowest BCUT2D eigenvalue weighted by atomic mass is 9.90. The highest BCUT2D eigenvalue weighted by molar-refractivity contribution is 5.95. The van der Waals surface area contributed by atoms with E-state index in [-0.39, 0.29) is 25.4 Å². The Balaban J connectivity index is 1.86. The smallest absolute Gasteiger partial charge is 0.418 e. The van der Waals surface area contributed by atoms with Crippen LogP contribution in [0.15, 0.2) is 10.5 Å². The molecule has 0 radical (unpaired) electrons. The zero-order valence-electron chi connectivity index (χ0n) is 17.3. The summed E-state index contributed by atoms with van der Waals surface area (Å²) in [6.45, 7) is 0.122. The Labute approximate surface area is 184 Å². The molecule has 7 nitrogen and oxygen atoms in total. The number of alkyl halides is 6. The van der Waals surface area contributed by atoms with E-state index < -0.39 is 58.6 Å². The second-order valence-electron chi connectivity index (χ2n) is 8.29. The van der Waals surface area contributed by atoms with E-state index in [9.17, 15) is 31.1 Å². The van der Waals surface area contributed by atoms with Crippen LogP contribution in [0.5, 0.6) is 0 Å². The fourth-order valence-electron chi connectivity index (χ4n) is 4.07. The maximum atomic E-state index is 13.7. The second kappa shape index (κ2) is 8.49. The van der Waals surface area contributed by atoms with Crippen LogP contribution in [0.4, 0.5) is 32.0 Å². The highest BCUT2D eigenvalue weighted by atomic mass is 19.4. The van der Waals surface area contributed by atoms with Crippen molar-refractivity contribution in [2.24, 2.45) is 0 Å². The van der Waals surface area contributed by atoms with Crippen LogP contribution in [-0.2, 0) is 6.18 Å². The lowest BCUT2D eigenvalue weighted by Gasteiger charge is -2.38. The second-order valence-corrected chi connectivity index (χ2v) is 8.29. The van der Waals surface area contributed by atoms with E-state index in [4.69, 9.17) is 10.2 Å². The van der Waals surface area contributed by atoms with Crippen LogP contribution in [0.25, 0.3) is 11.6 Å². The minimum absolute atomic E-state index is 0.122. The molecule has 4 bridgehead atoms. The Morgan fingerprint density at radius 2 is 1.70 bits per heavy atom. The summed E-state index contributed by atoms with van der Waals surface area (Å²) < 4.78 is 87.2. The third-order valence-corrected chi connectivity index (χ3v) is 6.06. The molecule has 0 saturated heterocycles. The van der Waals surface area contributed by atoms with Gasteiger partial charge in [0.05, 0.1) is 11.3 Å². The van der Waals surface area contributed by atoms with Gasteiger partial charge in [-0.15, -0.1) is 10.2 Å². The highest BCUT2D eigenvalue weighted by Crippen LogP contribution is 2.41. The number of aromatic nitrogens is 3. The van der Waals surface area contributed by atoms with Gasteiger partial charge in [-0.25, -0.2) is 4.98 Å². The molecule has 33 heavy (non-hydrogen) atoms. The van der Waals surface area contributed by atoms with Gasteiger partial charge >= 0.3 is 12.4 Å². The first-order chi connectivity index (χ1) is 15.5. The predicted molar refractivity (Wildman–Crippen MR) is 103 cm³/mol. The normalized spacial score (nSPS) is 21.0. The van der Waals surface area contributed by atoms with Gasteiger partial charge in [0.15, 0.2) is 5.69 Å². The molecule has 2 N–H and O–H groups in total. The summed E-state index contributed by atoms with van der Waals surface area (Å²) in [5.41, 5.74) is 2.52. The van der Waals surface area contributed by atoms with E-state index in [1.807, 2.05) is 0 Å². The van der Waals surface area contributed by atoms with Crippen molar-refractivity contribution in [2.45, 2.75) is 69.3 Å². The third kappa shape index (κ3) is 4.62. The number of pyridine rings is 1. The van der Waals surface area contributed by atoms with Crippen LogP contribution >= 0.6 is 0 Å². The number of halogens is 6. The molecule has 1 atom stereocenters. The zero-order valence-corrected chi connectivity index (χ0v) is 17.3. The van der Waals surface area contributed by atoms with Gasteiger partial charge in [0, 0.05) is 12.6 Å². The van der Waals surface area contributed by atoms with Gasteiger partial charge in [-0.2, -0.15) is 26.3 Å². The summed E-state index contributed by atoms with van der Waals surface area (Å²) in [5, 5.41) is 7.00. The highest BCUT2D eigenvalue weighted by Gasteiger charge is 2.45. The maximum Gasteiger partial charge on any atom is 0.418 e.